The number of piperidine rings is 1. The van der Waals surface area contributed by atoms with E-state index in [0.717, 1.165) is 47.5 Å². The zero-order chi connectivity index (χ0) is 21.6. The highest BCUT2D eigenvalue weighted by atomic mass is 16.2. The summed E-state index contributed by atoms with van der Waals surface area (Å²) >= 11 is 0. The average molecular weight is 413 g/mol. The first-order chi connectivity index (χ1) is 15.1. The van der Waals surface area contributed by atoms with Crippen LogP contribution in [-0.2, 0) is 9.59 Å². The Kier molecular flexibility index (Phi) is 6.46. The van der Waals surface area contributed by atoms with E-state index in [4.69, 9.17) is 0 Å². The number of rotatable bonds is 6. The van der Waals surface area contributed by atoms with Gasteiger partial charge in [-0.2, -0.15) is 0 Å². The van der Waals surface area contributed by atoms with Crippen molar-refractivity contribution in [1.82, 2.24) is 0 Å². The molecule has 1 saturated heterocycles. The Labute approximate surface area is 183 Å². The van der Waals surface area contributed by atoms with Crippen LogP contribution in [0.5, 0.6) is 0 Å². The van der Waals surface area contributed by atoms with Crippen molar-refractivity contribution in [2.75, 3.05) is 16.8 Å². The second kappa shape index (κ2) is 9.61. The van der Waals surface area contributed by atoms with E-state index in [0.29, 0.717) is 12.8 Å². The number of hydrogen-bond acceptors (Lipinski definition) is 2. The largest absolute Gasteiger partial charge is 0.326 e. The fourth-order valence-corrected chi connectivity index (χ4v) is 4.29. The van der Waals surface area contributed by atoms with E-state index < -0.39 is 0 Å². The SMILES string of the molecule is Cc1cc(NC(=O)CC(c2ccccc2)c2ccccc2)ccc1N1CCCCC1=O. The summed E-state index contributed by atoms with van der Waals surface area (Å²) in [6, 6.07) is 26.1. The Morgan fingerprint density at radius 3 is 2.16 bits per heavy atom. The molecule has 3 aromatic rings. The Hall–Kier alpha value is -3.40. The summed E-state index contributed by atoms with van der Waals surface area (Å²) in [5.41, 5.74) is 4.94. The van der Waals surface area contributed by atoms with E-state index in [9.17, 15) is 9.59 Å². The number of carbonyl (C=O) groups excluding carboxylic acids is 2. The lowest BCUT2D eigenvalue weighted by Gasteiger charge is -2.28. The minimum atomic E-state index is -0.0288. The van der Waals surface area contributed by atoms with Crippen LogP contribution >= 0.6 is 0 Å². The topological polar surface area (TPSA) is 49.4 Å². The van der Waals surface area contributed by atoms with Crippen molar-refractivity contribution in [2.24, 2.45) is 0 Å². The van der Waals surface area contributed by atoms with Gasteiger partial charge in [0.15, 0.2) is 0 Å². The van der Waals surface area contributed by atoms with Crippen LogP contribution in [-0.4, -0.2) is 18.4 Å². The maximum Gasteiger partial charge on any atom is 0.226 e. The first-order valence-corrected chi connectivity index (χ1v) is 10.9. The number of hydrogen-bond donors (Lipinski definition) is 1. The molecule has 158 valence electrons. The summed E-state index contributed by atoms with van der Waals surface area (Å²) in [6.45, 7) is 2.75. The fourth-order valence-electron chi connectivity index (χ4n) is 4.29. The predicted molar refractivity (Wildman–Crippen MR) is 125 cm³/mol. The molecule has 4 rings (SSSR count). The van der Waals surface area contributed by atoms with Gasteiger partial charge in [-0.1, -0.05) is 60.7 Å². The van der Waals surface area contributed by atoms with E-state index in [1.807, 2.05) is 66.4 Å². The Morgan fingerprint density at radius 2 is 1.58 bits per heavy atom. The van der Waals surface area contributed by atoms with Crippen molar-refractivity contribution < 1.29 is 9.59 Å². The molecule has 31 heavy (non-hydrogen) atoms. The van der Waals surface area contributed by atoms with Crippen LogP contribution in [0.4, 0.5) is 11.4 Å². The summed E-state index contributed by atoms with van der Waals surface area (Å²) < 4.78 is 0. The lowest BCUT2D eigenvalue weighted by molar-refractivity contribution is -0.119. The Balaban J connectivity index is 1.49. The van der Waals surface area contributed by atoms with Gasteiger partial charge in [-0.3, -0.25) is 9.59 Å². The number of aryl methyl sites for hydroxylation is 1. The quantitative estimate of drug-likeness (QED) is 0.567. The fraction of sp³-hybridized carbons (Fsp3) is 0.259. The second-order valence-corrected chi connectivity index (χ2v) is 8.13. The van der Waals surface area contributed by atoms with E-state index in [1.165, 1.54) is 0 Å². The van der Waals surface area contributed by atoms with Crippen LogP contribution in [0.25, 0.3) is 0 Å². The van der Waals surface area contributed by atoms with Gasteiger partial charge in [-0.05, 0) is 54.7 Å². The molecular weight excluding hydrogens is 384 g/mol. The number of anilines is 2. The maximum absolute atomic E-state index is 12.9. The monoisotopic (exact) mass is 412 g/mol. The Morgan fingerprint density at radius 1 is 0.935 bits per heavy atom. The number of nitrogens with zero attached hydrogens (tertiary/aromatic N) is 1. The molecule has 0 radical (unpaired) electrons. The zero-order valence-corrected chi connectivity index (χ0v) is 17.9. The average Bonchev–Trinajstić information content (AvgIpc) is 2.79. The van der Waals surface area contributed by atoms with Gasteiger partial charge in [0.05, 0.1) is 0 Å². The van der Waals surface area contributed by atoms with Crippen LogP contribution in [0.2, 0.25) is 0 Å². The standard InChI is InChI=1S/C27H28N2O2/c1-20-18-23(15-16-25(20)29-17-9-8-14-27(29)31)28-26(30)19-24(21-10-4-2-5-11-21)22-12-6-3-7-13-22/h2-7,10-13,15-16,18,24H,8-9,14,17,19H2,1H3,(H,28,30). The normalized spacial score (nSPS) is 14.0. The van der Waals surface area contributed by atoms with Crippen LogP contribution in [0.1, 0.15) is 48.3 Å². The molecule has 4 nitrogen and oxygen atoms in total. The van der Waals surface area contributed by atoms with Crippen LogP contribution in [0.3, 0.4) is 0 Å². The van der Waals surface area contributed by atoms with Gasteiger partial charge in [0.1, 0.15) is 0 Å². The van der Waals surface area contributed by atoms with E-state index in [-0.39, 0.29) is 17.7 Å². The number of nitrogens with one attached hydrogen (secondary N) is 1. The van der Waals surface area contributed by atoms with Crippen molar-refractivity contribution in [3.05, 3.63) is 95.6 Å². The lowest BCUT2D eigenvalue weighted by atomic mass is 9.88. The minimum absolute atomic E-state index is 0.00579. The minimum Gasteiger partial charge on any atom is -0.326 e. The van der Waals surface area contributed by atoms with Crippen LogP contribution < -0.4 is 10.2 Å². The summed E-state index contributed by atoms with van der Waals surface area (Å²) in [7, 11) is 0. The third-order valence-electron chi connectivity index (χ3n) is 5.89. The van der Waals surface area contributed by atoms with Gasteiger partial charge in [-0.25, -0.2) is 0 Å². The van der Waals surface area contributed by atoms with Gasteiger partial charge in [0.25, 0.3) is 0 Å². The molecule has 0 aromatic heterocycles. The molecular formula is C27H28N2O2. The van der Waals surface area contributed by atoms with Crippen LogP contribution in [0.15, 0.2) is 78.9 Å². The summed E-state index contributed by atoms with van der Waals surface area (Å²) in [5, 5.41) is 3.05. The first kappa shape index (κ1) is 20.9. The highest BCUT2D eigenvalue weighted by Gasteiger charge is 2.22. The molecule has 1 aliphatic heterocycles. The molecule has 0 bridgehead atoms. The van der Waals surface area contributed by atoms with Gasteiger partial charge in [0, 0.05) is 36.7 Å². The molecule has 1 fully saturated rings. The molecule has 0 unspecified atom stereocenters. The molecule has 0 spiro atoms. The molecule has 4 heteroatoms. The molecule has 1 aliphatic rings. The molecule has 2 amide bonds. The highest BCUT2D eigenvalue weighted by Crippen LogP contribution is 2.30. The van der Waals surface area contributed by atoms with Crippen molar-refractivity contribution in [2.45, 2.75) is 38.5 Å². The van der Waals surface area contributed by atoms with Gasteiger partial charge in [-0.15, -0.1) is 0 Å². The van der Waals surface area contributed by atoms with Crippen molar-refractivity contribution in [1.29, 1.82) is 0 Å². The molecule has 1 N–H and O–H groups in total. The smallest absolute Gasteiger partial charge is 0.226 e. The molecule has 0 atom stereocenters. The van der Waals surface area contributed by atoms with E-state index >= 15 is 0 Å². The molecule has 0 saturated carbocycles. The lowest BCUT2D eigenvalue weighted by Crippen LogP contribution is -2.35. The van der Waals surface area contributed by atoms with E-state index in [2.05, 4.69) is 29.6 Å². The first-order valence-electron chi connectivity index (χ1n) is 10.9. The third-order valence-corrected chi connectivity index (χ3v) is 5.89. The van der Waals surface area contributed by atoms with Gasteiger partial charge >= 0.3 is 0 Å². The van der Waals surface area contributed by atoms with Gasteiger partial charge < -0.3 is 10.2 Å². The predicted octanol–water partition coefficient (Wildman–Crippen LogP) is 5.67. The third kappa shape index (κ3) is 5.02. The molecule has 0 aliphatic carbocycles. The van der Waals surface area contributed by atoms with Crippen molar-refractivity contribution in [3.63, 3.8) is 0 Å². The summed E-state index contributed by atoms with van der Waals surface area (Å²) in [5.74, 6) is 0.146. The van der Waals surface area contributed by atoms with Crippen molar-refractivity contribution >= 4 is 23.2 Å². The van der Waals surface area contributed by atoms with Crippen LogP contribution in [0, 0.1) is 6.92 Å². The summed E-state index contributed by atoms with van der Waals surface area (Å²) in [4.78, 5) is 27.1. The second-order valence-electron chi connectivity index (χ2n) is 8.13. The van der Waals surface area contributed by atoms with Gasteiger partial charge in [0.2, 0.25) is 11.8 Å². The number of carbonyl (C=O) groups is 2. The Bertz CT molecular complexity index is 1010. The summed E-state index contributed by atoms with van der Waals surface area (Å²) in [6.07, 6.45) is 2.97. The van der Waals surface area contributed by atoms with E-state index in [1.54, 1.807) is 0 Å². The number of benzene rings is 3. The number of amides is 2. The highest BCUT2D eigenvalue weighted by molar-refractivity contribution is 5.96. The maximum atomic E-state index is 12.9. The molecule has 3 aromatic carbocycles. The molecule has 1 heterocycles. The van der Waals surface area contributed by atoms with Crippen molar-refractivity contribution in [3.8, 4) is 0 Å². The zero-order valence-electron chi connectivity index (χ0n) is 17.9.